The molecule has 1 aromatic heterocycles. The van der Waals surface area contributed by atoms with Crippen molar-refractivity contribution >= 4 is 11.7 Å². The van der Waals surface area contributed by atoms with Gasteiger partial charge in [-0.1, -0.05) is 39.8 Å². The van der Waals surface area contributed by atoms with Crippen LogP contribution >= 0.6 is 0 Å². The number of aliphatic hydroxyl groups is 1. The Morgan fingerprint density at radius 3 is 2.41 bits per heavy atom. The summed E-state index contributed by atoms with van der Waals surface area (Å²) in [6.45, 7) is 9.27. The maximum absolute atomic E-state index is 13.4. The SMILES string of the molecule is COCCCOc1cc(C[C@@H](C[C@H](N)[C@@H](O)C[C@H](C(=O)Nc2cccc(F)n2)C(C)C)C(C)C)ccc1OC. The fourth-order valence-electron chi connectivity index (χ4n) is 4.56. The predicted molar refractivity (Wildman–Crippen MR) is 151 cm³/mol. The third-order valence-electron chi connectivity index (χ3n) is 7.09. The molecule has 2 aromatic rings. The van der Waals surface area contributed by atoms with Gasteiger partial charge in [0.2, 0.25) is 11.9 Å². The Morgan fingerprint density at radius 2 is 1.79 bits per heavy atom. The van der Waals surface area contributed by atoms with Gasteiger partial charge in [0.25, 0.3) is 0 Å². The molecule has 0 saturated heterocycles. The standard InChI is InChI=1S/C30H46FN3O5/c1-19(2)22(15-21-11-12-26(38-6)27(16-21)39-14-8-13-37-5)17-24(32)25(35)18-23(20(3)4)30(36)34-29-10-7-9-28(31)33-29/h7,9-12,16,19-20,22-25,35H,8,13-15,17-18,32H2,1-6H3,(H,33,34,36)/t22-,23-,24-,25-/m0/s1. The molecule has 0 saturated carbocycles. The summed E-state index contributed by atoms with van der Waals surface area (Å²) >= 11 is 0. The molecule has 39 heavy (non-hydrogen) atoms. The van der Waals surface area contributed by atoms with E-state index in [1.54, 1.807) is 14.2 Å². The second-order valence-electron chi connectivity index (χ2n) is 10.8. The van der Waals surface area contributed by atoms with E-state index in [0.717, 1.165) is 18.4 Å². The maximum Gasteiger partial charge on any atom is 0.228 e. The first-order valence-electron chi connectivity index (χ1n) is 13.7. The highest BCUT2D eigenvalue weighted by atomic mass is 19.1. The van der Waals surface area contributed by atoms with Crippen molar-refractivity contribution in [2.45, 2.75) is 65.5 Å². The molecule has 2 rings (SSSR count). The summed E-state index contributed by atoms with van der Waals surface area (Å²) in [6, 6.07) is 9.65. The van der Waals surface area contributed by atoms with Crippen LogP contribution in [0.15, 0.2) is 36.4 Å². The number of aromatic nitrogens is 1. The number of hydrogen-bond acceptors (Lipinski definition) is 7. The third-order valence-corrected chi connectivity index (χ3v) is 7.09. The van der Waals surface area contributed by atoms with Gasteiger partial charge in [-0.15, -0.1) is 0 Å². The van der Waals surface area contributed by atoms with Crippen LogP contribution in [0.25, 0.3) is 0 Å². The summed E-state index contributed by atoms with van der Waals surface area (Å²) < 4.78 is 29.9. The largest absolute Gasteiger partial charge is 0.493 e. The van der Waals surface area contributed by atoms with Crippen molar-refractivity contribution in [3.63, 3.8) is 0 Å². The van der Waals surface area contributed by atoms with Crippen LogP contribution in [0, 0.1) is 29.6 Å². The van der Waals surface area contributed by atoms with Crippen LogP contribution in [0.4, 0.5) is 10.2 Å². The average Bonchev–Trinajstić information content (AvgIpc) is 2.88. The van der Waals surface area contributed by atoms with Gasteiger partial charge in [0.1, 0.15) is 5.82 Å². The zero-order valence-corrected chi connectivity index (χ0v) is 24.2. The van der Waals surface area contributed by atoms with Gasteiger partial charge in [-0.2, -0.15) is 4.39 Å². The Morgan fingerprint density at radius 1 is 1.05 bits per heavy atom. The van der Waals surface area contributed by atoms with Gasteiger partial charge in [-0.05, 0) is 66.8 Å². The van der Waals surface area contributed by atoms with Gasteiger partial charge in [0.05, 0.1) is 19.8 Å². The minimum Gasteiger partial charge on any atom is -0.493 e. The van der Waals surface area contributed by atoms with Gasteiger partial charge in [0, 0.05) is 32.1 Å². The molecule has 0 radical (unpaired) electrons. The number of carbonyl (C=O) groups is 1. The molecule has 4 N–H and O–H groups in total. The Balaban J connectivity index is 2.04. The highest BCUT2D eigenvalue weighted by Crippen LogP contribution is 2.32. The van der Waals surface area contributed by atoms with Crippen molar-refractivity contribution in [2.24, 2.45) is 29.4 Å². The van der Waals surface area contributed by atoms with Gasteiger partial charge < -0.3 is 30.4 Å². The van der Waals surface area contributed by atoms with Crippen molar-refractivity contribution in [3.8, 4) is 11.5 Å². The second kappa shape index (κ2) is 16.4. The van der Waals surface area contributed by atoms with Crippen LogP contribution in [0.5, 0.6) is 11.5 Å². The van der Waals surface area contributed by atoms with Crippen LogP contribution in [0.2, 0.25) is 0 Å². The molecule has 1 heterocycles. The molecule has 218 valence electrons. The van der Waals surface area contributed by atoms with Crippen molar-refractivity contribution < 1.29 is 28.5 Å². The lowest BCUT2D eigenvalue weighted by Gasteiger charge is -2.30. The van der Waals surface area contributed by atoms with Gasteiger partial charge in [-0.25, -0.2) is 4.98 Å². The zero-order valence-electron chi connectivity index (χ0n) is 24.2. The molecule has 4 atom stereocenters. The second-order valence-corrected chi connectivity index (χ2v) is 10.8. The monoisotopic (exact) mass is 547 g/mol. The quantitative estimate of drug-likeness (QED) is 0.192. The van der Waals surface area contributed by atoms with E-state index in [0.29, 0.717) is 37.1 Å². The summed E-state index contributed by atoms with van der Waals surface area (Å²) in [6.07, 6.45) is 1.45. The normalized spacial score (nSPS) is 14.6. The number of aliphatic hydroxyl groups excluding tert-OH is 1. The van der Waals surface area contributed by atoms with Gasteiger partial charge in [-0.3, -0.25) is 4.79 Å². The van der Waals surface area contributed by atoms with E-state index in [1.165, 1.54) is 18.2 Å². The number of nitrogens with one attached hydrogen (secondary N) is 1. The molecule has 0 aliphatic carbocycles. The molecule has 8 nitrogen and oxygen atoms in total. The van der Waals surface area contributed by atoms with Crippen LogP contribution in [-0.2, 0) is 16.0 Å². The predicted octanol–water partition coefficient (Wildman–Crippen LogP) is 4.84. The number of anilines is 1. The average molecular weight is 548 g/mol. The fraction of sp³-hybridized carbons (Fsp3) is 0.600. The van der Waals surface area contributed by atoms with Gasteiger partial charge >= 0.3 is 0 Å². The van der Waals surface area contributed by atoms with E-state index in [1.807, 2.05) is 32.0 Å². The lowest BCUT2D eigenvalue weighted by atomic mass is 9.81. The van der Waals surface area contributed by atoms with E-state index >= 15 is 0 Å². The van der Waals surface area contributed by atoms with Crippen LogP contribution < -0.4 is 20.5 Å². The fourth-order valence-corrected chi connectivity index (χ4v) is 4.56. The number of nitrogens with zero attached hydrogens (tertiary/aromatic N) is 1. The summed E-state index contributed by atoms with van der Waals surface area (Å²) in [4.78, 5) is 16.6. The van der Waals surface area contributed by atoms with Crippen molar-refractivity contribution in [3.05, 3.63) is 47.9 Å². The van der Waals surface area contributed by atoms with E-state index in [9.17, 15) is 14.3 Å². The maximum atomic E-state index is 13.4. The molecule has 9 heteroatoms. The number of hydrogen-bond donors (Lipinski definition) is 3. The lowest BCUT2D eigenvalue weighted by molar-refractivity contribution is -0.122. The topological polar surface area (TPSA) is 116 Å². The number of pyridine rings is 1. The summed E-state index contributed by atoms with van der Waals surface area (Å²) in [5.41, 5.74) is 7.60. The minimum atomic E-state index is -0.875. The van der Waals surface area contributed by atoms with Crippen LogP contribution in [0.3, 0.4) is 0 Å². The van der Waals surface area contributed by atoms with E-state index in [-0.39, 0.29) is 30.0 Å². The van der Waals surface area contributed by atoms with Crippen molar-refractivity contribution in [1.29, 1.82) is 0 Å². The van der Waals surface area contributed by atoms with Crippen molar-refractivity contribution in [1.82, 2.24) is 4.98 Å². The molecule has 0 aliphatic rings. The highest BCUT2D eigenvalue weighted by Gasteiger charge is 2.30. The number of amides is 1. The lowest BCUT2D eigenvalue weighted by Crippen LogP contribution is -2.41. The number of nitrogens with two attached hydrogens (primary N) is 1. The first kappa shape index (κ1) is 32.5. The smallest absolute Gasteiger partial charge is 0.228 e. The highest BCUT2D eigenvalue weighted by molar-refractivity contribution is 5.91. The Hall–Kier alpha value is -2.75. The minimum absolute atomic E-state index is 0.0529. The van der Waals surface area contributed by atoms with Crippen LogP contribution in [0.1, 0.15) is 52.5 Å². The Labute approximate surface area is 232 Å². The number of rotatable bonds is 17. The summed E-state index contributed by atoms with van der Waals surface area (Å²) in [7, 11) is 3.28. The number of benzene rings is 1. The molecule has 0 aliphatic heterocycles. The number of carbonyl (C=O) groups excluding carboxylic acids is 1. The number of halogens is 1. The van der Waals surface area contributed by atoms with Crippen LogP contribution in [-0.4, -0.2) is 55.6 Å². The van der Waals surface area contributed by atoms with E-state index in [2.05, 4.69) is 24.1 Å². The first-order chi connectivity index (χ1) is 18.5. The number of methoxy groups -OCH3 is 2. The molecule has 0 bridgehead atoms. The summed E-state index contributed by atoms with van der Waals surface area (Å²) in [5.74, 6) is 0.490. The van der Waals surface area contributed by atoms with Gasteiger partial charge in [0.15, 0.2) is 11.5 Å². The van der Waals surface area contributed by atoms with Crippen molar-refractivity contribution in [2.75, 3.05) is 32.8 Å². The molecule has 1 aromatic carbocycles. The van der Waals surface area contributed by atoms with E-state index in [4.69, 9.17) is 19.9 Å². The number of ether oxygens (including phenoxy) is 3. The Bertz CT molecular complexity index is 1020. The molecule has 0 fully saturated rings. The molecular formula is C30H46FN3O5. The molecule has 1 amide bonds. The van der Waals surface area contributed by atoms with E-state index < -0.39 is 24.0 Å². The molecule has 0 spiro atoms. The molecule has 0 unspecified atom stereocenters. The molecular weight excluding hydrogens is 501 g/mol. The Kier molecular flexibility index (Phi) is 13.6. The third kappa shape index (κ3) is 10.7. The zero-order chi connectivity index (χ0) is 28.9. The summed E-state index contributed by atoms with van der Waals surface area (Å²) in [5, 5.41) is 13.7. The first-order valence-corrected chi connectivity index (χ1v) is 13.7.